The molecule has 11 heteroatoms. The topological polar surface area (TPSA) is 135 Å². The normalized spacial score (nSPS) is 10.2. The minimum absolute atomic E-state index is 0.00311. The second-order valence-electron chi connectivity index (χ2n) is 5.48. The Hall–Kier alpha value is -3.79. The van der Waals surface area contributed by atoms with E-state index in [1.54, 1.807) is 36.7 Å². The van der Waals surface area contributed by atoms with Crippen molar-refractivity contribution in [2.45, 2.75) is 6.54 Å². The van der Waals surface area contributed by atoms with Gasteiger partial charge < -0.3 is 5.32 Å². The van der Waals surface area contributed by atoms with E-state index in [0.717, 1.165) is 11.9 Å². The lowest BCUT2D eigenvalue weighted by molar-refractivity contribution is -0.383. The summed E-state index contributed by atoms with van der Waals surface area (Å²) in [5.41, 5.74) is 5.52. The Labute approximate surface area is 164 Å². The average Bonchev–Trinajstić information content (AvgIpc) is 2.71. The molecule has 0 spiro atoms. The summed E-state index contributed by atoms with van der Waals surface area (Å²) in [4.78, 5) is 34.8. The first kappa shape index (κ1) is 19.0. The number of aromatic nitrogens is 3. The third-order valence-corrected chi connectivity index (χ3v) is 3.80. The fourth-order valence-corrected chi connectivity index (χ4v) is 2.47. The fourth-order valence-electron chi connectivity index (χ4n) is 2.28. The van der Waals surface area contributed by atoms with Crippen molar-refractivity contribution < 1.29 is 9.72 Å². The summed E-state index contributed by atoms with van der Waals surface area (Å²) < 4.78 is 0. The lowest BCUT2D eigenvalue weighted by Gasteiger charge is -2.11. The summed E-state index contributed by atoms with van der Waals surface area (Å²) in [6, 6.07) is 9.83. The van der Waals surface area contributed by atoms with Crippen molar-refractivity contribution in [1.82, 2.24) is 20.4 Å². The van der Waals surface area contributed by atoms with Crippen LogP contribution in [-0.4, -0.2) is 25.8 Å². The van der Waals surface area contributed by atoms with Gasteiger partial charge in [0.15, 0.2) is 0 Å². The molecule has 3 aromatic rings. The number of amides is 1. The number of anilines is 2. The summed E-state index contributed by atoms with van der Waals surface area (Å²) >= 11 is 5.86. The molecule has 0 saturated carbocycles. The highest BCUT2D eigenvalue weighted by Gasteiger charge is 2.23. The van der Waals surface area contributed by atoms with E-state index in [2.05, 4.69) is 31.1 Å². The second kappa shape index (κ2) is 8.73. The molecule has 0 aliphatic carbocycles. The molecule has 3 rings (SSSR count). The highest BCUT2D eigenvalue weighted by Crippen LogP contribution is 2.28. The monoisotopic (exact) mass is 399 g/mol. The number of nitrogens with one attached hydrogen (secondary N) is 3. The zero-order valence-corrected chi connectivity index (χ0v) is 15.1. The summed E-state index contributed by atoms with van der Waals surface area (Å²) in [6.07, 6.45) is 4.40. The summed E-state index contributed by atoms with van der Waals surface area (Å²) in [7, 11) is 0. The van der Waals surface area contributed by atoms with Gasteiger partial charge in [-0.05, 0) is 29.8 Å². The van der Waals surface area contributed by atoms with Crippen molar-refractivity contribution >= 4 is 34.8 Å². The Morgan fingerprint density at radius 3 is 2.71 bits per heavy atom. The highest BCUT2D eigenvalue weighted by atomic mass is 35.5. The largest absolute Gasteiger partial charge is 0.360 e. The van der Waals surface area contributed by atoms with E-state index in [-0.39, 0.29) is 23.7 Å². The first-order valence-electron chi connectivity index (χ1n) is 7.98. The maximum absolute atomic E-state index is 12.2. The molecular formula is C17H14ClN7O3. The van der Waals surface area contributed by atoms with Crippen LogP contribution in [0.5, 0.6) is 0 Å². The number of hydrogen-bond acceptors (Lipinski definition) is 8. The molecule has 1 aromatic carbocycles. The Balaban J connectivity index is 1.75. The smallest absolute Gasteiger partial charge is 0.354 e. The lowest BCUT2D eigenvalue weighted by Crippen LogP contribution is -2.30. The van der Waals surface area contributed by atoms with Crippen LogP contribution in [0.1, 0.15) is 15.9 Å². The molecular weight excluding hydrogens is 386 g/mol. The molecule has 142 valence electrons. The first-order chi connectivity index (χ1) is 13.5. The van der Waals surface area contributed by atoms with E-state index < -0.39 is 16.5 Å². The molecule has 0 radical (unpaired) electrons. The molecule has 0 unspecified atom stereocenters. The molecule has 0 bridgehead atoms. The molecule has 0 atom stereocenters. The van der Waals surface area contributed by atoms with Crippen LogP contribution < -0.4 is 16.2 Å². The molecule has 2 heterocycles. The van der Waals surface area contributed by atoms with Crippen LogP contribution in [0.3, 0.4) is 0 Å². The second-order valence-corrected chi connectivity index (χ2v) is 5.92. The maximum Gasteiger partial charge on any atom is 0.354 e. The van der Waals surface area contributed by atoms with E-state index in [1.807, 2.05) is 6.07 Å². The quantitative estimate of drug-likeness (QED) is 0.407. The standard InChI is InChI=1S/C17H14ClN7O3/c18-13-5-1-4-12(7-13)17(26)24-23-16-14(25(27)28)15(21-10-22-16)20-9-11-3-2-6-19-8-11/h1-8,10H,9H2,(H,24,26)(H2,20,21,22,23). The number of halogens is 1. The van der Waals surface area contributed by atoms with E-state index in [1.165, 1.54) is 6.07 Å². The third kappa shape index (κ3) is 4.68. The predicted octanol–water partition coefficient (Wildman–Crippen LogP) is 2.80. The minimum Gasteiger partial charge on any atom is -0.360 e. The number of nitrogens with zero attached hydrogens (tertiary/aromatic N) is 4. The van der Waals surface area contributed by atoms with Gasteiger partial charge in [-0.25, -0.2) is 9.97 Å². The van der Waals surface area contributed by atoms with Crippen LogP contribution in [0.4, 0.5) is 17.3 Å². The van der Waals surface area contributed by atoms with Gasteiger partial charge in [-0.1, -0.05) is 23.7 Å². The van der Waals surface area contributed by atoms with Gasteiger partial charge in [-0.3, -0.25) is 30.7 Å². The van der Waals surface area contributed by atoms with Crippen molar-refractivity contribution in [3.63, 3.8) is 0 Å². The van der Waals surface area contributed by atoms with Gasteiger partial charge in [0.25, 0.3) is 5.91 Å². The van der Waals surface area contributed by atoms with Crippen molar-refractivity contribution in [3.05, 3.63) is 81.4 Å². The highest BCUT2D eigenvalue weighted by molar-refractivity contribution is 6.30. The van der Waals surface area contributed by atoms with Crippen molar-refractivity contribution in [2.24, 2.45) is 0 Å². The molecule has 0 fully saturated rings. The number of pyridine rings is 1. The average molecular weight is 400 g/mol. The third-order valence-electron chi connectivity index (χ3n) is 3.57. The minimum atomic E-state index is -0.639. The number of rotatable bonds is 7. The summed E-state index contributed by atoms with van der Waals surface area (Å²) in [5.74, 6) is -0.687. The van der Waals surface area contributed by atoms with Crippen molar-refractivity contribution in [2.75, 3.05) is 10.7 Å². The van der Waals surface area contributed by atoms with Gasteiger partial charge in [-0.15, -0.1) is 0 Å². The maximum atomic E-state index is 12.2. The molecule has 28 heavy (non-hydrogen) atoms. The molecule has 3 N–H and O–H groups in total. The zero-order valence-electron chi connectivity index (χ0n) is 14.3. The van der Waals surface area contributed by atoms with Crippen LogP contribution in [0, 0.1) is 10.1 Å². The SMILES string of the molecule is O=C(NNc1ncnc(NCc2cccnc2)c1[N+](=O)[O-])c1cccc(Cl)c1. The van der Waals surface area contributed by atoms with Crippen LogP contribution in [0.15, 0.2) is 55.1 Å². The van der Waals surface area contributed by atoms with Gasteiger partial charge in [0, 0.05) is 29.5 Å². The van der Waals surface area contributed by atoms with E-state index in [9.17, 15) is 14.9 Å². The van der Waals surface area contributed by atoms with E-state index in [4.69, 9.17) is 11.6 Å². The van der Waals surface area contributed by atoms with E-state index in [0.29, 0.717) is 5.02 Å². The number of benzene rings is 1. The summed E-state index contributed by atoms with van der Waals surface area (Å²) in [6.45, 7) is 0.278. The number of carbonyl (C=O) groups is 1. The zero-order chi connectivity index (χ0) is 19.9. The lowest BCUT2D eigenvalue weighted by atomic mass is 10.2. The van der Waals surface area contributed by atoms with Crippen molar-refractivity contribution in [3.8, 4) is 0 Å². The number of carbonyl (C=O) groups excluding carboxylic acids is 1. The Morgan fingerprint density at radius 1 is 1.18 bits per heavy atom. The van der Waals surface area contributed by atoms with E-state index >= 15 is 0 Å². The van der Waals surface area contributed by atoms with Crippen LogP contribution in [0.2, 0.25) is 5.02 Å². The van der Waals surface area contributed by atoms with Crippen LogP contribution in [0.25, 0.3) is 0 Å². The summed E-state index contributed by atoms with van der Waals surface area (Å²) in [5, 5.41) is 14.8. The molecule has 10 nitrogen and oxygen atoms in total. The first-order valence-corrected chi connectivity index (χ1v) is 8.36. The number of hydrogen-bond donors (Lipinski definition) is 3. The van der Waals surface area contributed by atoms with Crippen LogP contribution >= 0.6 is 11.6 Å². The van der Waals surface area contributed by atoms with Gasteiger partial charge in [-0.2, -0.15) is 0 Å². The fraction of sp³-hybridized carbons (Fsp3) is 0.0588. The molecule has 0 aliphatic heterocycles. The molecule has 0 aliphatic rings. The number of nitro groups is 1. The van der Waals surface area contributed by atoms with Gasteiger partial charge in [0.2, 0.25) is 11.6 Å². The Morgan fingerprint density at radius 2 is 2.00 bits per heavy atom. The van der Waals surface area contributed by atoms with Gasteiger partial charge in [0.05, 0.1) is 4.92 Å². The van der Waals surface area contributed by atoms with Crippen LogP contribution in [-0.2, 0) is 6.54 Å². The molecule has 1 amide bonds. The van der Waals surface area contributed by atoms with Gasteiger partial charge >= 0.3 is 5.69 Å². The van der Waals surface area contributed by atoms with Crippen molar-refractivity contribution in [1.29, 1.82) is 0 Å². The Bertz CT molecular complexity index is 1000. The van der Waals surface area contributed by atoms with Gasteiger partial charge in [0.1, 0.15) is 6.33 Å². The predicted molar refractivity (Wildman–Crippen MR) is 103 cm³/mol. The molecule has 2 aromatic heterocycles. The number of hydrazine groups is 1. The Kier molecular flexibility index (Phi) is 5.92. The molecule has 0 saturated heterocycles.